The number of hydrogen-bond donors (Lipinski definition) is 1. The number of anilines is 1. The molecule has 2 heterocycles. The number of nitrogen functional groups attached to an aromatic ring is 1. The first kappa shape index (κ1) is 13.6. The van der Waals surface area contributed by atoms with E-state index in [-0.39, 0.29) is 0 Å². The molecular weight excluding hydrogens is 338 g/mol. The fourth-order valence-corrected chi connectivity index (χ4v) is 3.29. The van der Waals surface area contributed by atoms with E-state index < -0.39 is 0 Å². The van der Waals surface area contributed by atoms with E-state index in [2.05, 4.69) is 44.3 Å². The highest BCUT2D eigenvalue weighted by molar-refractivity contribution is 9.11. The zero-order valence-electron chi connectivity index (χ0n) is 11.0. The van der Waals surface area contributed by atoms with E-state index in [1.54, 1.807) is 11.3 Å². The third kappa shape index (κ3) is 3.03. The Balaban J connectivity index is 1.72. The normalized spacial score (nSPS) is 11.6. The van der Waals surface area contributed by atoms with Crippen molar-refractivity contribution in [2.45, 2.75) is 13.1 Å². The molecule has 0 radical (unpaired) electrons. The number of thiophene rings is 1. The Morgan fingerprint density at radius 3 is 2.95 bits per heavy atom. The molecule has 0 unspecified atom stereocenters. The molecule has 0 spiro atoms. The van der Waals surface area contributed by atoms with Crippen LogP contribution in [0.2, 0.25) is 0 Å². The lowest BCUT2D eigenvalue weighted by molar-refractivity contribution is 0.285. The monoisotopic (exact) mass is 351 g/mol. The van der Waals surface area contributed by atoms with Crippen molar-refractivity contribution < 1.29 is 4.42 Å². The van der Waals surface area contributed by atoms with Crippen molar-refractivity contribution in [1.82, 2.24) is 9.88 Å². The standard InChI is InChI=1S/C14H14BrN3OS/c1-18(6-9-4-13(15)20-8-9)7-14-17-11-5-10(16)2-3-12(11)19-14/h2-5,8H,6-7,16H2,1H3. The van der Waals surface area contributed by atoms with E-state index in [9.17, 15) is 0 Å². The van der Waals surface area contributed by atoms with Gasteiger partial charge in [0.15, 0.2) is 5.58 Å². The molecule has 1 aromatic carbocycles. The van der Waals surface area contributed by atoms with Crippen LogP contribution in [0.1, 0.15) is 11.5 Å². The molecule has 0 saturated heterocycles. The Labute approximate surface area is 129 Å². The van der Waals surface area contributed by atoms with Gasteiger partial charge in [0.2, 0.25) is 5.89 Å². The fraction of sp³-hybridized carbons (Fsp3) is 0.214. The molecule has 6 heteroatoms. The number of hydrogen-bond acceptors (Lipinski definition) is 5. The fourth-order valence-electron chi connectivity index (χ4n) is 2.09. The van der Waals surface area contributed by atoms with Gasteiger partial charge in [-0.2, -0.15) is 0 Å². The minimum atomic E-state index is 0.669. The van der Waals surface area contributed by atoms with Crippen molar-refractivity contribution in [2.24, 2.45) is 0 Å². The van der Waals surface area contributed by atoms with Crippen LogP contribution in [0.5, 0.6) is 0 Å². The number of oxazole rings is 1. The molecule has 4 nitrogen and oxygen atoms in total. The van der Waals surface area contributed by atoms with Gasteiger partial charge < -0.3 is 10.2 Å². The smallest absolute Gasteiger partial charge is 0.209 e. The zero-order valence-corrected chi connectivity index (χ0v) is 13.4. The number of benzene rings is 1. The summed E-state index contributed by atoms with van der Waals surface area (Å²) in [5, 5.41) is 2.15. The van der Waals surface area contributed by atoms with E-state index in [4.69, 9.17) is 10.2 Å². The van der Waals surface area contributed by atoms with Gasteiger partial charge in [-0.05, 0) is 58.2 Å². The maximum atomic E-state index is 5.74. The molecule has 2 aromatic heterocycles. The number of aromatic nitrogens is 1. The van der Waals surface area contributed by atoms with E-state index >= 15 is 0 Å². The van der Waals surface area contributed by atoms with Crippen LogP contribution in [0.15, 0.2) is 37.8 Å². The van der Waals surface area contributed by atoms with Crippen LogP contribution >= 0.6 is 27.3 Å². The van der Waals surface area contributed by atoms with Gasteiger partial charge in [-0.3, -0.25) is 4.90 Å². The van der Waals surface area contributed by atoms with E-state index in [0.29, 0.717) is 18.1 Å². The molecule has 0 saturated carbocycles. The predicted octanol–water partition coefficient (Wildman–Crippen LogP) is 3.87. The molecular formula is C14H14BrN3OS. The third-order valence-electron chi connectivity index (χ3n) is 2.94. The molecule has 0 bridgehead atoms. The summed E-state index contributed by atoms with van der Waals surface area (Å²) in [6.45, 7) is 1.53. The maximum absolute atomic E-state index is 5.74. The topological polar surface area (TPSA) is 55.3 Å². The van der Waals surface area contributed by atoms with Crippen LogP contribution in [0.25, 0.3) is 11.1 Å². The largest absolute Gasteiger partial charge is 0.439 e. The Morgan fingerprint density at radius 1 is 1.35 bits per heavy atom. The van der Waals surface area contributed by atoms with Crippen LogP contribution in [-0.4, -0.2) is 16.9 Å². The second kappa shape index (κ2) is 5.55. The van der Waals surface area contributed by atoms with E-state index in [1.807, 2.05) is 18.2 Å². The highest BCUT2D eigenvalue weighted by Gasteiger charge is 2.10. The summed E-state index contributed by atoms with van der Waals surface area (Å²) >= 11 is 5.17. The lowest BCUT2D eigenvalue weighted by atomic mass is 10.3. The van der Waals surface area contributed by atoms with Crippen molar-refractivity contribution in [3.8, 4) is 0 Å². The van der Waals surface area contributed by atoms with Gasteiger partial charge in [0, 0.05) is 12.2 Å². The quantitative estimate of drug-likeness (QED) is 0.725. The van der Waals surface area contributed by atoms with Gasteiger partial charge in [-0.15, -0.1) is 11.3 Å². The number of halogens is 1. The van der Waals surface area contributed by atoms with Crippen molar-refractivity contribution in [3.63, 3.8) is 0 Å². The third-order valence-corrected chi connectivity index (χ3v) is 4.49. The first-order chi connectivity index (χ1) is 9.60. The highest BCUT2D eigenvalue weighted by Crippen LogP contribution is 2.23. The lowest BCUT2D eigenvalue weighted by Gasteiger charge is -2.12. The average Bonchev–Trinajstić information content (AvgIpc) is 2.94. The zero-order chi connectivity index (χ0) is 14.1. The minimum Gasteiger partial charge on any atom is -0.439 e. The maximum Gasteiger partial charge on any atom is 0.209 e. The number of fused-ring (bicyclic) bond motifs is 1. The second-order valence-corrected chi connectivity index (χ2v) is 7.06. The van der Waals surface area contributed by atoms with Crippen LogP contribution < -0.4 is 5.73 Å². The van der Waals surface area contributed by atoms with Gasteiger partial charge >= 0.3 is 0 Å². The van der Waals surface area contributed by atoms with Gasteiger partial charge in [-0.1, -0.05) is 0 Å². The van der Waals surface area contributed by atoms with Crippen LogP contribution in [0, 0.1) is 0 Å². The van der Waals surface area contributed by atoms with Crippen molar-refractivity contribution in [2.75, 3.05) is 12.8 Å². The number of nitrogens with zero attached hydrogens (tertiary/aromatic N) is 2. The Hall–Kier alpha value is -1.37. The molecule has 2 N–H and O–H groups in total. The van der Waals surface area contributed by atoms with Crippen molar-refractivity contribution in [3.05, 3.63) is 44.9 Å². The summed E-state index contributed by atoms with van der Waals surface area (Å²) < 4.78 is 6.87. The predicted molar refractivity (Wildman–Crippen MR) is 85.6 cm³/mol. The molecule has 0 aliphatic carbocycles. The van der Waals surface area contributed by atoms with Crippen molar-refractivity contribution >= 4 is 44.1 Å². The molecule has 20 heavy (non-hydrogen) atoms. The van der Waals surface area contributed by atoms with Crippen LogP contribution in [-0.2, 0) is 13.1 Å². The van der Waals surface area contributed by atoms with E-state index in [1.165, 1.54) is 5.56 Å². The molecule has 0 aliphatic rings. The van der Waals surface area contributed by atoms with Gasteiger partial charge in [0.25, 0.3) is 0 Å². The summed E-state index contributed by atoms with van der Waals surface area (Å²) in [6, 6.07) is 7.65. The molecule has 0 atom stereocenters. The minimum absolute atomic E-state index is 0.669. The molecule has 3 rings (SSSR count). The van der Waals surface area contributed by atoms with E-state index in [0.717, 1.165) is 21.4 Å². The first-order valence-electron chi connectivity index (χ1n) is 6.16. The Morgan fingerprint density at radius 2 is 2.20 bits per heavy atom. The lowest BCUT2D eigenvalue weighted by Crippen LogP contribution is -2.16. The summed E-state index contributed by atoms with van der Waals surface area (Å²) in [7, 11) is 2.05. The summed E-state index contributed by atoms with van der Waals surface area (Å²) in [5.74, 6) is 0.711. The van der Waals surface area contributed by atoms with Crippen molar-refractivity contribution in [1.29, 1.82) is 0 Å². The second-order valence-electron chi connectivity index (χ2n) is 4.77. The summed E-state index contributed by atoms with van der Waals surface area (Å²) in [4.78, 5) is 6.63. The molecule has 0 amide bonds. The molecule has 0 fully saturated rings. The van der Waals surface area contributed by atoms with Crippen LogP contribution in [0.3, 0.4) is 0 Å². The number of rotatable bonds is 4. The SMILES string of the molecule is CN(Cc1csc(Br)c1)Cc1nc2cc(N)ccc2o1. The molecule has 0 aliphatic heterocycles. The van der Waals surface area contributed by atoms with Gasteiger partial charge in [0.05, 0.1) is 10.3 Å². The molecule has 104 valence electrons. The summed E-state index contributed by atoms with van der Waals surface area (Å²) in [6.07, 6.45) is 0. The Kier molecular flexibility index (Phi) is 3.78. The number of nitrogens with two attached hydrogens (primary N) is 1. The summed E-state index contributed by atoms with van der Waals surface area (Å²) in [5.41, 5.74) is 9.32. The molecule has 3 aromatic rings. The van der Waals surface area contributed by atoms with Crippen LogP contribution in [0.4, 0.5) is 5.69 Å². The first-order valence-corrected chi connectivity index (χ1v) is 7.84. The Bertz CT molecular complexity index is 737. The highest BCUT2D eigenvalue weighted by atomic mass is 79.9. The van der Waals surface area contributed by atoms with Gasteiger partial charge in [-0.25, -0.2) is 4.98 Å². The average molecular weight is 352 g/mol. The van der Waals surface area contributed by atoms with Gasteiger partial charge in [0.1, 0.15) is 5.52 Å².